The van der Waals surface area contributed by atoms with Gasteiger partial charge in [0.25, 0.3) is 12.3 Å². The first-order valence-electron chi connectivity index (χ1n) is 10.8. The van der Waals surface area contributed by atoms with E-state index in [-0.39, 0.29) is 18.2 Å². The number of amides is 2. The minimum atomic E-state index is -3.26. The fourth-order valence-electron chi connectivity index (χ4n) is 3.37. The number of imidazole rings is 1. The number of rotatable bonds is 8. The third-order valence-electron chi connectivity index (χ3n) is 5.05. The molecule has 1 unspecified atom stereocenters. The van der Waals surface area contributed by atoms with E-state index in [1.54, 1.807) is 43.6 Å². The Morgan fingerprint density at radius 2 is 1.94 bits per heavy atom. The number of halogens is 3. The predicted octanol–water partition coefficient (Wildman–Crippen LogP) is 3.93. The van der Waals surface area contributed by atoms with E-state index in [1.807, 2.05) is 0 Å². The Balaban J connectivity index is 1.49. The smallest absolute Gasteiger partial charge is 0.304 e. The van der Waals surface area contributed by atoms with Crippen LogP contribution in [0.3, 0.4) is 0 Å². The number of pyridine rings is 1. The second-order valence-electron chi connectivity index (χ2n) is 7.82. The number of aromatic nitrogens is 4. The fraction of sp³-hybridized carbons (Fsp3) is 0.208. The highest BCUT2D eigenvalue weighted by molar-refractivity contribution is 5.96. The molecule has 4 aromatic rings. The maximum absolute atomic E-state index is 13.2. The number of alkyl halides is 3. The van der Waals surface area contributed by atoms with Gasteiger partial charge in [0.1, 0.15) is 5.75 Å². The molecule has 2 N–H and O–H groups in total. The van der Waals surface area contributed by atoms with Crippen LogP contribution in [0.1, 0.15) is 28.5 Å². The molecule has 186 valence electrons. The molecule has 0 fully saturated rings. The van der Waals surface area contributed by atoms with Crippen molar-refractivity contribution in [3.63, 3.8) is 0 Å². The van der Waals surface area contributed by atoms with E-state index < -0.39 is 18.7 Å². The van der Waals surface area contributed by atoms with Gasteiger partial charge in [-0.2, -0.15) is 9.49 Å². The number of ether oxygens (including phenoxy) is 1. The van der Waals surface area contributed by atoms with E-state index in [9.17, 15) is 22.8 Å². The highest BCUT2D eigenvalue weighted by Gasteiger charge is 2.21. The average molecular weight is 498 g/mol. The summed E-state index contributed by atoms with van der Waals surface area (Å²) < 4.78 is 44.0. The first-order valence-corrected chi connectivity index (χ1v) is 10.8. The molecule has 0 bridgehead atoms. The number of anilines is 1. The molecule has 36 heavy (non-hydrogen) atoms. The Hall–Kier alpha value is -4.48. The number of fused-ring (bicyclic) bond motifs is 1. The molecule has 0 saturated heterocycles. The first-order chi connectivity index (χ1) is 17.2. The van der Waals surface area contributed by atoms with Gasteiger partial charge in [0.15, 0.2) is 11.5 Å². The summed E-state index contributed by atoms with van der Waals surface area (Å²) in [6.45, 7) is 3.12. The van der Waals surface area contributed by atoms with E-state index in [4.69, 9.17) is 0 Å². The molecule has 3 heterocycles. The summed E-state index contributed by atoms with van der Waals surface area (Å²) in [6.07, 6.45) is -2.85. The van der Waals surface area contributed by atoms with E-state index in [0.29, 0.717) is 39.5 Å². The van der Waals surface area contributed by atoms with Gasteiger partial charge in [0.05, 0.1) is 23.1 Å². The zero-order chi connectivity index (χ0) is 25.8. The number of nitrogens with zero attached hydrogens (tertiary/aromatic N) is 4. The van der Waals surface area contributed by atoms with Crippen molar-refractivity contribution in [2.45, 2.75) is 33.2 Å². The minimum absolute atomic E-state index is 0.0521. The van der Waals surface area contributed by atoms with Crippen molar-refractivity contribution in [2.24, 2.45) is 0 Å². The molecule has 4 rings (SSSR count). The van der Waals surface area contributed by atoms with Crippen LogP contribution in [-0.4, -0.2) is 44.2 Å². The van der Waals surface area contributed by atoms with Gasteiger partial charge in [-0.3, -0.25) is 14.6 Å². The quantitative estimate of drug-likeness (QED) is 0.381. The maximum Gasteiger partial charge on any atom is 0.304 e. The number of hydrogen-bond acceptors (Lipinski definition) is 6. The van der Waals surface area contributed by atoms with Gasteiger partial charge >= 0.3 is 6.43 Å². The lowest BCUT2D eigenvalue weighted by Gasteiger charge is -2.12. The number of carbonyl (C=O) groups is 2. The largest absolute Gasteiger partial charge is 0.454 e. The van der Waals surface area contributed by atoms with Crippen molar-refractivity contribution in [3.8, 4) is 17.0 Å². The summed E-state index contributed by atoms with van der Waals surface area (Å²) in [6, 6.07) is 11.0. The van der Waals surface area contributed by atoms with Crippen LogP contribution in [-0.2, 0) is 11.3 Å². The van der Waals surface area contributed by atoms with Crippen molar-refractivity contribution in [1.29, 1.82) is 0 Å². The summed E-state index contributed by atoms with van der Waals surface area (Å²) >= 11 is 0. The molecule has 0 aliphatic heterocycles. The molecule has 0 aliphatic carbocycles. The van der Waals surface area contributed by atoms with E-state index in [1.165, 1.54) is 29.6 Å². The highest BCUT2D eigenvalue weighted by atomic mass is 19.3. The van der Waals surface area contributed by atoms with Crippen LogP contribution in [0.2, 0.25) is 0 Å². The minimum Gasteiger partial charge on any atom is -0.454 e. The third-order valence-corrected chi connectivity index (χ3v) is 5.05. The number of aryl methyl sites for hydroxylation is 1. The van der Waals surface area contributed by atoms with Crippen LogP contribution in [0, 0.1) is 6.92 Å². The van der Waals surface area contributed by atoms with Crippen molar-refractivity contribution >= 4 is 23.3 Å². The molecule has 1 atom stereocenters. The molecular formula is C24H21F3N6O3. The van der Waals surface area contributed by atoms with Gasteiger partial charge in [-0.15, -0.1) is 0 Å². The Morgan fingerprint density at radius 3 is 2.69 bits per heavy atom. The molecule has 12 heteroatoms. The van der Waals surface area contributed by atoms with Crippen molar-refractivity contribution < 1.29 is 27.5 Å². The zero-order valence-electron chi connectivity index (χ0n) is 19.2. The fourth-order valence-corrected chi connectivity index (χ4v) is 3.37. The Kier molecular flexibility index (Phi) is 7.13. The van der Waals surface area contributed by atoms with Gasteiger partial charge < -0.3 is 15.4 Å². The lowest BCUT2D eigenvalue weighted by Crippen LogP contribution is -2.24. The van der Waals surface area contributed by atoms with Crippen molar-refractivity contribution in [1.82, 2.24) is 24.9 Å². The molecule has 0 spiro atoms. The molecule has 9 nitrogen and oxygen atoms in total. The summed E-state index contributed by atoms with van der Waals surface area (Å²) in [5.74, 6) is -0.381. The highest BCUT2D eigenvalue weighted by Crippen LogP contribution is 2.21. The summed E-state index contributed by atoms with van der Waals surface area (Å²) in [7, 11) is 0. The van der Waals surface area contributed by atoms with Crippen LogP contribution in [0.4, 0.5) is 19.0 Å². The molecule has 0 aliphatic rings. The lowest BCUT2D eigenvalue weighted by atomic mass is 10.1. The van der Waals surface area contributed by atoms with Crippen molar-refractivity contribution in [3.05, 3.63) is 71.7 Å². The third kappa shape index (κ3) is 5.77. The predicted molar refractivity (Wildman–Crippen MR) is 124 cm³/mol. The number of nitrogens with one attached hydrogen (secondary N) is 2. The average Bonchev–Trinajstić information content (AvgIpc) is 3.23. The molecule has 1 aromatic carbocycles. The Labute approximate surface area is 203 Å². The van der Waals surface area contributed by atoms with Crippen LogP contribution >= 0.6 is 0 Å². The van der Waals surface area contributed by atoms with Gasteiger partial charge in [0, 0.05) is 25.2 Å². The second kappa shape index (κ2) is 10.4. The monoisotopic (exact) mass is 498 g/mol. The summed E-state index contributed by atoms with van der Waals surface area (Å²) in [5.41, 5.74) is 2.97. The van der Waals surface area contributed by atoms with Gasteiger partial charge in [-0.05, 0) is 42.8 Å². The van der Waals surface area contributed by atoms with E-state index in [0.717, 1.165) is 0 Å². The van der Waals surface area contributed by atoms with Crippen LogP contribution in [0.25, 0.3) is 16.9 Å². The van der Waals surface area contributed by atoms with Crippen LogP contribution < -0.4 is 15.4 Å². The standard InChI is InChI=1S/C24H21F3N6O3/c1-13-18(24(35)29-10-15-4-3-5-17(8-15)36-23(27)22(25)26)9-16(11-28-13)19-6-7-21-31-20(30-14(2)34)12-33(21)32-19/h3-9,11-12,22-23H,10H2,1-2H3,(H,29,35)(H,30,34). The van der Waals surface area contributed by atoms with Gasteiger partial charge in [0.2, 0.25) is 5.91 Å². The summed E-state index contributed by atoms with van der Waals surface area (Å²) in [5, 5.41) is 9.81. The van der Waals surface area contributed by atoms with Crippen molar-refractivity contribution in [2.75, 3.05) is 5.32 Å². The van der Waals surface area contributed by atoms with Crippen LogP contribution in [0.5, 0.6) is 5.75 Å². The topological polar surface area (TPSA) is 111 Å². The molecule has 3 aromatic heterocycles. The first kappa shape index (κ1) is 24.6. The van der Waals surface area contributed by atoms with Gasteiger partial charge in [-0.1, -0.05) is 12.1 Å². The molecular weight excluding hydrogens is 477 g/mol. The van der Waals surface area contributed by atoms with E-state index in [2.05, 4.69) is 30.4 Å². The van der Waals surface area contributed by atoms with Gasteiger partial charge in [-0.25, -0.2) is 18.3 Å². The molecule has 0 saturated carbocycles. The SMILES string of the molecule is CC(=O)Nc1cn2nc(-c3cnc(C)c(C(=O)NCc4cccc(OC(F)C(F)F)c4)c3)ccc2n1. The Bertz CT molecular complexity index is 1430. The van der Waals surface area contributed by atoms with Crippen LogP contribution in [0.15, 0.2) is 54.9 Å². The second-order valence-corrected chi connectivity index (χ2v) is 7.82. The normalized spacial score (nSPS) is 11.9. The molecule has 2 amide bonds. The zero-order valence-corrected chi connectivity index (χ0v) is 19.2. The maximum atomic E-state index is 13.2. The molecule has 0 radical (unpaired) electrons. The Morgan fingerprint density at radius 1 is 1.14 bits per heavy atom. The lowest BCUT2D eigenvalue weighted by molar-refractivity contribution is -0.114. The number of carbonyl (C=O) groups excluding carboxylic acids is 2. The van der Waals surface area contributed by atoms with E-state index >= 15 is 0 Å². The number of hydrogen-bond donors (Lipinski definition) is 2. The summed E-state index contributed by atoms with van der Waals surface area (Å²) in [4.78, 5) is 32.7. The number of benzene rings is 1.